The van der Waals surface area contributed by atoms with E-state index < -0.39 is 0 Å². The van der Waals surface area contributed by atoms with Gasteiger partial charge in [0.1, 0.15) is 5.82 Å². The van der Waals surface area contributed by atoms with Gasteiger partial charge in [-0.3, -0.25) is 0 Å². The van der Waals surface area contributed by atoms with Crippen LogP contribution in [0.25, 0.3) is 16.5 Å². The predicted octanol–water partition coefficient (Wildman–Crippen LogP) is 1.69. The molecule has 6 heteroatoms. The molecule has 1 rings (SSSR count). The summed E-state index contributed by atoms with van der Waals surface area (Å²) in [6, 6.07) is 5.41. The van der Waals surface area contributed by atoms with Crippen LogP contribution < -0.4 is 11.3 Å². The van der Waals surface area contributed by atoms with Crippen molar-refractivity contribution in [1.82, 2.24) is 4.98 Å². The van der Waals surface area contributed by atoms with E-state index in [9.17, 15) is 0 Å². The van der Waals surface area contributed by atoms with E-state index in [1.807, 2.05) is 12.1 Å². The van der Waals surface area contributed by atoms with E-state index in [4.69, 9.17) is 11.4 Å². The third-order valence-electron chi connectivity index (χ3n) is 1.46. The molecule has 1 aromatic rings. The van der Waals surface area contributed by atoms with Crippen LogP contribution in [-0.2, 0) is 0 Å². The summed E-state index contributed by atoms with van der Waals surface area (Å²) in [6.07, 6.45) is 3.48. The molecule has 0 aromatic carbocycles. The molecule has 0 fully saturated rings. The molecule has 6 nitrogen and oxygen atoms in total. The third-order valence-corrected chi connectivity index (χ3v) is 1.46. The Bertz CT molecular complexity index is 366. The van der Waals surface area contributed by atoms with Crippen LogP contribution >= 0.6 is 0 Å². The molecule has 0 bridgehead atoms. The number of nitrogens with one attached hydrogen (secondary N) is 1. The van der Waals surface area contributed by atoms with Gasteiger partial charge in [-0.05, 0) is 23.7 Å². The van der Waals surface area contributed by atoms with Gasteiger partial charge in [-0.25, -0.2) is 10.8 Å². The maximum Gasteiger partial charge on any atom is 0.140 e. The van der Waals surface area contributed by atoms with E-state index in [0.717, 1.165) is 5.69 Å². The van der Waals surface area contributed by atoms with Crippen molar-refractivity contribution in [3.8, 4) is 0 Å². The second kappa shape index (κ2) is 5.58. The fourth-order valence-electron chi connectivity index (χ4n) is 0.882. The maximum absolute atomic E-state index is 8.03. The average Bonchev–Trinajstić information content (AvgIpc) is 2.25. The molecular weight excluding hydrogens is 180 g/mol. The van der Waals surface area contributed by atoms with Crippen LogP contribution in [0.1, 0.15) is 5.69 Å². The summed E-state index contributed by atoms with van der Waals surface area (Å²) in [4.78, 5) is 6.75. The Balaban J connectivity index is 2.66. The average molecular weight is 190 g/mol. The lowest BCUT2D eigenvalue weighted by Crippen LogP contribution is -2.08. The van der Waals surface area contributed by atoms with Crippen molar-refractivity contribution in [3.63, 3.8) is 0 Å². The van der Waals surface area contributed by atoms with E-state index in [0.29, 0.717) is 12.4 Å². The van der Waals surface area contributed by atoms with E-state index in [1.165, 1.54) is 0 Å². The number of azide groups is 1. The SMILES string of the molecule is [N-]=[N+]=NCC=Cc1cccc(NN)n1. The van der Waals surface area contributed by atoms with Gasteiger partial charge in [-0.2, -0.15) is 0 Å². The zero-order valence-corrected chi connectivity index (χ0v) is 7.46. The molecule has 0 atom stereocenters. The Morgan fingerprint density at radius 2 is 2.50 bits per heavy atom. The Kier molecular flexibility index (Phi) is 4.00. The summed E-state index contributed by atoms with van der Waals surface area (Å²) >= 11 is 0. The first-order valence-electron chi connectivity index (χ1n) is 3.98. The normalized spacial score (nSPS) is 9.79. The molecule has 0 aliphatic rings. The number of pyridine rings is 1. The highest BCUT2D eigenvalue weighted by Gasteiger charge is 1.90. The summed E-state index contributed by atoms with van der Waals surface area (Å²) in [5.41, 5.74) is 11.2. The first kappa shape index (κ1) is 10.0. The molecule has 14 heavy (non-hydrogen) atoms. The number of hydrogen-bond acceptors (Lipinski definition) is 4. The number of rotatable bonds is 4. The van der Waals surface area contributed by atoms with Crippen molar-refractivity contribution in [2.45, 2.75) is 0 Å². The number of nitrogens with zero attached hydrogens (tertiary/aromatic N) is 4. The standard InChI is InChI=1S/C8H10N6/c9-13-8-5-1-3-7(12-8)4-2-6-11-14-10/h1-5H,6,9H2,(H,12,13). The predicted molar refractivity (Wildman–Crippen MR) is 55.1 cm³/mol. The van der Waals surface area contributed by atoms with Gasteiger partial charge >= 0.3 is 0 Å². The molecule has 0 amide bonds. The van der Waals surface area contributed by atoms with Gasteiger partial charge in [0, 0.05) is 11.5 Å². The van der Waals surface area contributed by atoms with Gasteiger partial charge in [-0.15, -0.1) is 0 Å². The molecule has 3 N–H and O–H groups in total. The second-order valence-corrected chi connectivity index (χ2v) is 2.41. The fraction of sp³-hybridized carbons (Fsp3) is 0.125. The zero-order valence-electron chi connectivity index (χ0n) is 7.46. The van der Waals surface area contributed by atoms with Crippen LogP contribution in [0.15, 0.2) is 29.4 Å². The molecule has 1 aromatic heterocycles. The van der Waals surface area contributed by atoms with Gasteiger partial charge in [0.2, 0.25) is 0 Å². The van der Waals surface area contributed by atoms with Gasteiger partial charge in [0.25, 0.3) is 0 Å². The van der Waals surface area contributed by atoms with Crippen molar-refractivity contribution in [2.75, 3.05) is 12.0 Å². The van der Waals surface area contributed by atoms with Gasteiger partial charge in [-0.1, -0.05) is 17.3 Å². The quantitative estimate of drug-likeness (QED) is 0.248. The maximum atomic E-state index is 8.03. The number of aromatic nitrogens is 1. The summed E-state index contributed by atoms with van der Waals surface area (Å²) in [7, 11) is 0. The Labute approximate surface area is 81.0 Å². The van der Waals surface area contributed by atoms with E-state index in [-0.39, 0.29) is 0 Å². The molecule has 0 aliphatic carbocycles. The minimum absolute atomic E-state index is 0.318. The van der Waals surface area contributed by atoms with Crippen molar-refractivity contribution in [3.05, 3.63) is 40.4 Å². The summed E-state index contributed by atoms with van der Waals surface area (Å²) in [5, 5.41) is 3.36. The molecular formula is C8H10N6. The van der Waals surface area contributed by atoms with Crippen molar-refractivity contribution < 1.29 is 0 Å². The highest BCUT2D eigenvalue weighted by molar-refractivity contribution is 5.48. The van der Waals surface area contributed by atoms with E-state index >= 15 is 0 Å². The highest BCUT2D eigenvalue weighted by atomic mass is 15.2. The van der Waals surface area contributed by atoms with Crippen LogP contribution in [0, 0.1) is 0 Å². The molecule has 0 saturated carbocycles. The molecule has 0 radical (unpaired) electrons. The number of anilines is 1. The lowest BCUT2D eigenvalue weighted by Gasteiger charge is -1.98. The topological polar surface area (TPSA) is 99.7 Å². The van der Waals surface area contributed by atoms with Crippen LogP contribution in [-0.4, -0.2) is 11.5 Å². The largest absolute Gasteiger partial charge is 0.308 e. The van der Waals surface area contributed by atoms with Crippen molar-refractivity contribution >= 4 is 11.9 Å². The van der Waals surface area contributed by atoms with Crippen molar-refractivity contribution in [2.24, 2.45) is 11.0 Å². The molecule has 0 spiro atoms. The lowest BCUT2D eigenvalue weighted by atomic mass is 10.3. The molecule has 72 valence electrons. The molecule has 0 unspecified atom stereocenters. The van der Waals surface area contributed by atoms with E-state index in [1.54, 1.807) is 18.2 Å². The highest BCUT2D eigenvalue weighted by Crippen LogP contribution is 2.04. The van der Waals surface area contributed by atoms with Crippen LogP contribution in [0.4, 0.5) is 5.82 Å². The van der Waals surface area contributed by atoms with Gasteiger partial charge < -0.3 is 5.43 Å². The van der Waals surface area contributed by atoms with Crippen LogP contribution in [0.5, 0.6) is 0 Å². The third kappa shape index (κ3) is 3.14. The van der Waals surface area contributed by atoms with Crippen LogP contribution in [0.2, 0.25) is 0 Å². The van der Waals surface area contributed by atoms with E-state index in [2.05, 4.69) is 20.4 Å². The summed E-state index contributed by atoms with van der Waals surface area (Å²) in [5.74, 6) is 5.79. The Hall–Kier alpha value is -2.04. The molecule has 1 heterocycles. The number of nitrogen functional groups attached to an aromatic ring is 1. The first-order valence-corrected chi connectivity index (χ1v) is 3.98. The Morgan fingerprint density at radius 1 is 1.64 bits per heavy atom. The molecule has 0 saturated heterocycles. The smallest absolute Gasteiger partial charge is 0.140 e. The first-order chi connectivity index (χ1) is 6.86. The lowest BCUT2D eigenvalue weighted by molar-refractivity contribution is 1.20. The number of nitrogens with two attached hydrogens (primary N) is 1. The minimum Gasteiger partial charge on any atom is -0.308 e. The van der Waals surface area contributed by atoms with Gasteiger partial charge in [0.15, 0.2) is 0 Å². The number of hydrogen-bond donors (Lipinski definition) is 2. The Morgan fingerprint density at radius 3 is 3.21 bits per heavy atom. The number of hydrazine groups is 1. The minimum atomic E-state index is 0.318. The fourth-order valence-corrected chi connectivity index (χ4v) is 0.882. The second-order valence-electron chi connectivity index (χ2n) is 2.41. The van der Waals surface area contributed by atoms with Crippen LogP contribution in [0.3, 0.4) is 0 Å². The van der Waals surface area contributed by atoms with Crippen molar-refractivity contribution in [1.29, 1.82) is 0 Å². The monoisotopic (exact) mass is 190 g/mol. The summed E-state index contributed by atoms with van der Waals surface area (Å²) < 4.78 is 0. The zero-order chi connectivity index (χ0) is 10.2. The molecule has 0 aliphatic heterocycles. The summed E-state index contributed by atoms with van der Waals surface area (Å²) in [6.45, 7) is 0.318. The van der Waals surface area contributed by atoms with Gasteiger partial charge in [0.05, 0.1) is 5.69 Å².